The van der Waals surface area contributed by atoms with Gasteiger partial charge in [-0.05, 0) is 30.3 Å². The first-order chi connectivity index (χ1) is 18.8. The molecule has 0 unspecified atom stereocenters. The van der Waals surface area contributed by atoms with Gasteiger partial charge in [-0.3, -0.25) is 9.29 Å². The molecule has 0 fully saturated rings. The summed E-state index contributed by atoms with van der Waals surface area (Å²) in [6.07, 6.45) is 0. The van der Waals surface area contributed by atoms with Gasteiger partial charge in [-0.1, -0.05) is 84.4 Å². The standard InChI is InChI=1S/C29H24ClN2O5PS/c1-36-26-15-9-8-14-25(26)32-39(34,35)29-18-23(16-17-24(29)30)31-38(33)19-27(21-10-4-2-5-11-21)37-28(20-38)22-12-6-3-7-13-22/h2-20,32H,1H3,(H,31,33). The Labute approximate surface area is 232 Å². The number of benzene rings is 4. The third-order valence-corrected chi connectivity index (χ3v) is 9.52. The van der Waals surface area contributed by atoms with E-state index < -0.39 is 17.3 Å². The second-order valence-corrected chi connectivity index (χ2v) is 12.8. The number of ether oxygens (including phenoxy) is 2. The minimum atomic E-state index is -4.11. The van der Waals surface area contributed by atoms with E-state index in [1.807, 2.05) is 60.7 Å². The number of sulfonamides is 1. The summed E-state index contributed by atoms with van der Waals surface area (Å²) in [6, 6.07) is 29.7. The van der Waals surface area contributed by atoms with E-state index in [2.05, 4.69) is 9.81 Å². The second kappa shape index (κ2) is 11.0. The molecule has 1 aliphatic rings. The van der Waals surface area contributed by atoms with Gasteiger partial charge < -0.3 is 14.6 Å². The summed E-state index contributed by atoms with van der Waals surface area (Å²) < 4.78 is 54.7. The Kier molecular flexibility index (Phi) is 7.53. The Balaban J connectivity index is 1.52. The number of anilines is 2. The number of hydrogen-bond acceptors (Lipinski definition) is 5. The van der Waals surface area contributed by atoms with Gasteiger partial charge >= 0.3 is 0 Å². The van der Waals surface area contributed by atoms with E-state index in [1.165, 1.54) is 30.9 Å². The van der Waals surface area contributed by atoms with Crippen LogP contribution in [-0.4, -0.2) is 15.5 Å². The van der Waals surface area contributed by atoms with Crippen molar-refractivity contribution in [1.82, 2.24) is 0 Å². The molecule has 198 valence electrons. The number of rotatable bonds is 8. The van der Waals surface area contributed by atoms with Crippen molar-refractivity contribution in [2.75, 3.05) is 16.9 Å². The molecule has 0 saturated heterocycles. The highest BCUT2D eigenvalue weighted by Gasteiger charge is 2.28. The van der Waals surface area contributed by atoms with Crippen molar-refractivity contribution >= 4 is 51.8 Å². The SMILES string of the molecule is COc1ccccc1NS(=O)(=O)c1cc(NP2(=O)C=C(c3ccccc3)OC(c3ccccc3)=C2)ccc1Cl. The van der Waals surface area contributed by atoms with Crippen molar-refractivity contribution < 1.29 is 22.5 Å². The molecule has 0 aromatic heterocycles. The molecule has 0 amide bonds. The second-order valence-electron chi connectivity index (χ2n) is 8.59. The Morgan fingerprint density at radius 2 is 1.36 bits per heavy atom. The van der Waals surface area contributed by atoms with Gasteiger partial charge in [-0.25, -0.2) is 8.42 Å². The molecule has 0 saturated carbocycles. The lowest BCUT2D eigenvalue weighted by molar-refractivity contribution is 0.417. The van der Waals surface area contributed by atoms with Crippen LogP contribution >= 0.6 is 18.9 Å². The largest absolute Gasteiger partial charge is 0.495 e. The Morgan fingerprint density at radius 1 is 0.795 bits per heavy atom. The van der Waals surface area contributed by atoms with Crippen LogP contribution in [0.4, 0.5) is 11.4 Å². The van der Waals surface area contributed by atoms with Crippen molar-refractivity contribution in [1.29, 1.82) is 0 Å². The van der Waals surface area contributed by atoms with Gasteiger partial charge in [0, 0.05) is 28.4 Å². The maximum absolute atomic E-state index is 14.2. The zero-order valence-electron chi connectivity index (χ0n) is 20.7. The van der Waals surface area contributed by atoms with Crippen LogP contribution in [0.1, 0.15) is 11.1 Å². The minimum Gasteiger partial charge on any atom is -0.495 e. The van der Waals surface area contributed by atoms with E-state index in [4.69, 9.17) is 21.1 Å². The average molecular weight is 579 g/mol. The van der Waals surface area contributed by atoms with Crippen molar-refractivity contribution in [3.63, 3.8) is 0 Å². The molecule has 10 heteroatoms. The molecule has 0 radical (unpaired) electrons. The van der Waals surface area contributed by atoms with Crippen molar-refractivity contribution in [2.45, 2.75) is 4.90 Å². The van der Waals surface area contributed by atoms with Gasteiger partial charge in [0.05, 0.1) is 17.8 Å². The van der Waals surface area contributed by atoms with Crippen molar-refractivity contribution in [3.8, 4) is 5.75 Å². The zero-order chi connectivity index (χ0) is 27.5. The van der Waals surface area contributed by atoms with Crippen molar-refractivity contribution in [2.24, 2.45) is 0 Å². The summed E-state index contributed by atoms with van der Waals surface area (Å²) in [5.41, 5.74) is 2.07. The van der Waals surface area contributed by atoms with E-state index in [9.17, 15) is 13.0 Å². The van der Waals surface area contributed by atoms with Crippen LogP contribution in [0.5, 0.6) is 5.75 Å². The third-order valence-electron chi connectivity index (χ3n) is 5.83. The molecule has 1 heterocycles. The smallest absolute Gasteiger partial charge is 0.263 e. The highest BCUT2D eigenvalue weighted by molar-refractivity contribution is 7.92. The van der Waals surface area contributed by atoms with Gasteiger partial charge in [0.25, 0.3) is 10.0 Å². The normalized spacial score (nSPS) is 14.4. The van der Waals surface area contributed by atoms with Gasteiger partial charge in [0.2, 0.25) is 7.29 Å². The maximum Gasteiger partial charge on any atom is 0.263 e. The van der Waals surface area contributed by atoms with E-state index in [-0.39, 0.29) is 15.6 Å². The molecule has 0 bridgehead atoms. The quantitative estimate of drug-likeness (QED) is 0.207. The fourth-order valence-electron chi connectivity index (χ4n) is 4.00. The molecule has 4 aromatic rings. The van der Waals surface area contributed by atoms with E-state index in [0.29, 0.717) is 23.0 Å². The minimum absolute atomic E-state index is 0.00856. The third kappa shape index (κ3) is 6.04. The molecular weight excluding hydrogens is 555 g/mol. The number of hydrogen-bond donors (Lipinski definition) is 2. The van der Waals surface area contributed by atoms with E-state index in [0.717, 1.165) is 11.1 Å². The number of methoxy groups -OCH3 is 1. The molecule has 7 nitrogen and oxygen atoms in total. The zero-order valence-corrected chi connectivity index (χ0v) is 23.2. The van der Waals surface area contributed by atoms with E-state index in [1.54, 1.807) is 30.3 Å². The van der Waals surface area contributed by atoms with Gasteiger partial charge in [-0.2, -0.15) is 0 Å². The predicted molar refractivity (Wildman–Crippen MR) is 156 cm³/mol. The topological polar surface area (TPSA) is 93.7 Å². The highest BCUT2D eigenvalue weighted by Crippen LogP contribution is 2.56. The summed E-state index contributed by atoms with van der Waals surface area (Å²) in [6.45, 7) is 0. The summed E-state index contributed by atoms with van der Waals surface area (Å²) in [5.74, 6) is 4.27. The van der Waals surface area contributed by atoms with Crippen LogP contribution in [0.15, 0.2) is 120 Å². The van der Waals surface area contributed by atoms with Crippen LogP contribution in [0.2, 0.25) is 5.02 Å². The first-order valence-electron chi connectivity index (χ1n) is 11.8. The monoisotopic (exact) mass is 578 g/mol. The van der Waals surface area contributed by atoms with Crippen LogP contribution in [0.25, 0.3) is 11.5 Å². The molecule has 1 aliphatic heterocycles. The lowest BCUT2D eigenvalue weighted by Gasteiger charge is -2.24. The molecule has 0 atom stereocenters. The molecule has 39 heavy (non-hydrogen) atoms. The fraction of sp³-hybridized carbons (Fsp3) is 0.0345. The van der Waals surface area contributed by atoms with Crippen LogP contribution in [0, 0.1) is 0 Å². The summed E-state index contributed by atoms with van der Waals surface area (Å²) in [5, 5.41) is 3.04. The van der Waals surface area contributed by atoms with Crippen LogP contribution in [0.3, 0.4) is 0 Å². The highest BCUT2D eigenvalue weighted by atomic mass is 35.5. The Hall–Kier alpha value is -3.97. The first-order valence-corrected chi connectivity index (χ1v) is 15.5. The lowest BCUT2D eigenvalue weighted by Crippen LogP contribution is -2.14. The first kappa shape index (κ1) is 26.6. The van der Waals surface area contributed by atoms with E-state index >= 15 is 0 Å². The lowest BCUT2D eigenvalue weighted by atomic mass is 10.2. The van der Waals surface area contributed by atoms with Crippen LogP contribution < -0.4 is 14.5 Å². The average Bonchev–Trinajstić information content (AvgIpc) is 2.94. The predicted octanol–water partition coefficient (Wildman–Crippen LogP) is 7.87. The maximum atomic E-state index is 14.2. The Bertz CT molecular complexity index is 1670. The Morgan fingerprint density at radius 3 is 1.95 bits per heavy atom. The van der Waals surface area contributed by atoms with Crippen LogP contribution in [-0.2, 0) is 19.3 Å². The van der Waals surface area contributed by atoms with Gasteiger partial charge in [-0.15, -0.1) is 0 Å². The number of para-hydroxylation sites is 2. The summed E-state index contributed by atoms with van der Waals surface area (Å²) >= 11 is 6.31. The van der Waals surface area contributed by atoms with Gasteiger partial charge in [0.1, 0.15) is 22.2 Å². The van der Waals surface area contributed by atoms with Gasteiger partial charge in [0.15, 0.2) is 0 Å². The molecular formula is C29H24ClN2O5PS. The molecule has 5 rings (SSSR count). The molecule has 0 aliphatic carbocycles. The summed E-state index contributed by atoms with van der Waals surface area (Å²) in [7, 11) is -6.09. The molecule has 0 spiro atoms. The van der Waals surface area contributed by atoms with Crippen molar-refractivity contribution in [3.05, 3.63) is 131 Å². The number of halogens is 1. The summed E-state index contributed by atoms with van der Waals surface area (Å²) in [4.78, 5) is -0.181. The number of nitrogens with one attached hydrogen (secondary N) is 2. The molecule has 4 aromatic carbocycles. The molecule has 2 N–H and O–H groups in total. The fourth-order valence-corrected chi connectivity index (χ4v) is 7.45.